The lowest BCUT2D eigenvalue weighted by atomic mass is 10.2. The van der Waals surface area contributed by atoms with Crippen molar-refractivity contribution in [1.29, 1.82) is 0 Å². The number of sulfone groups is 1. The van der Waals surface area contributed by atoms with Crippen LogP contribution in [0, 0.1) is 0 Å². The smallest absolute Gasteiger partial charge is 0.242 e. The minimum absolute atomic E-state index is 0.0360. The zero-order chi connectivity index (χ0) is 16.3. The van der Waals surface area contributed by atoms with E-state index in [1.54, 1.807) is 0 Å². The first-order chi connectivity index (χ1) is 9.59. The van der Waals surface area contributed by atoms with Gasteiger partial charge in [-0.15, -0.1) is 0 Å². The average molecular weight is 371 g/mol. The molecule has 21 heavy (non-hydrogen) atoms. The highest BCUT2D eigenvalue weighted by atomic mass is 35.5. The summed E-state index contributed by atoms with van der Waals surface area (Å²) in [6, 6.07) is 4.06. The molecule has 0 amide bonds. The molecule has 0 saturated carbocycles. The van der Waals surface area contributed by atoms with Gasteiger partial charge in [-0.25, -0.2) is 21.6 Å². The standard InChI is InChI=1S/C11H15ClN2O4S3/c1-2-20(15,16)6-5-14-21(17,18)10-4-3-8(11(13)19)7-9(10)12/h3-4,7,14H,2,5-6H2,1H3,(H2,13,19). The Kier molecular flexibility index (Phi) is 6.11. The molecule has 0 aliphatic rings. The molecule has 0 bridgehead atoms. The Morgan fingerprint density at radius 1 is 1.33 bits per heavy atom. The molecule has 3 N–H and O–H groups in total. The molecule has 0 fully saturated rings. The van der Waals surface area contributed by atoms with Crippen molar-refractivity contribution in [3.63, 3.8) is 0 Å². The van der Waals surface area contributed by atoms with Crippen molar-refractivity contribution in [3.05, 3.63) is 28.8 Å². The van der Waals surface area contributed by atoms with Gasteiger partial charge in [-0.2, -0.15) is 0 Å². The van der Waals surface area contributed by atoms with Crippen LogP contribution in [0.3, 0.4) is 0 Å². The molecule has 6 nitrogen and oxygen atoms in total. The number of rotatable bonds is 7. The Bertz CT molecular complexity index is 745. The Labute approximate surface area is 134 Å². The monoisotopic (exact) mass is 370 g/mol. The number of hydrogen-bond acceptors (Lipinski definition) is 5. The zero-order valence-electron chi connectivity index (χ0n) is 11.2. The highest BCUT2D eigenvalue weighted by Crippen LogP contribution is 2.22. The SMILES string of the molecule is CCS(=O)(=O)CCNS(=O)(=O)c1ccc(C(N)=S)cc1Cl. The first-order valence-corrected chi connectivity index (χ1v) is 9.97. The van der Waals surface area contributed by atoms with Gasteiger partial charge in [-0.05, 0) is 12.1 Å². The Morgan fingerprint density at radius 2 is 1.95 bits per heavy atom. The molecule has 1 aromatic carbocycles. The number of nitrogens with one attached hydrogen (secondary N) is 1. The van der Waals surface area contributed by atoms with Gasteiger partial charge in [-0.3, -0.25) is 0 Å². The van der Waals surface area contributed by atoms with E-state index in [2.05, 4.69) is 4.72 Å². The molecule has 10 heteroatoms. The molecule has 0 saturated heterocycles. The largest absolute Gasteiger partial charge is 0.389 e. The summed E-state index contributed by atoms with van der Waals surface area (Å²) in [5.41, 5.74) is 5.87. The van der Waals surface area contributed by atoms with E-state index in [-0.39, 0.29) is 33.0 Å². The second-order valence-electron chi connectivity index (χ2n) is 4.14. The quantitative estimate of drug-likeness (QED) is 0.684. The van der Waals surface area contributed by atoms with E-state index in [0.717, 1.165) is 0 Å². The molecule has 1 aromatic rings. The summed E-state index contributed by atoms with van der Waals surface area (Å²) in [4.78, 5) is -0.0547. The van der Waals surface area contributed by atoms with Crippen LogP contribution in [0.25, 0.3) is 0 Å². The lowest BCUT2D eigenvalue weighted by Gasteiger charge is -2.09. The fourth-order valence-corrected chi connectivity index (χ4v) is 3.96. The summed E-state index contributed by atoms with van der Waals surface area (Å²) in [6.07, 6.45) is 0. The van der Waals surface area contributed by atoms with Crippen LogP contribution < -0.4 is 10.5 Å². The first kappa shape index (κ1) is 18.3. The Morgan fingerprint density at radius 3 is 2.43 bits per heavy atom. The summed E-state index contributed by atoms with van der Waals surface area (Å²) >= 11 is 10.7. The predicted octanol–water partition coefficient (Wildman–Crippen LogP) is 0.687. The fourth-order valence-electron chi connectivity index (χ4n) is 1.43. The molecule has 1 rings (SSSR count). The maximum absolute atomic E-state index is 12.1. The Hall–Kier alpha value is -0.740. The molecule has 0 spiro atoms. The molecular formula is C11H15ClN2O4S3. The molecule has 0 atom stereocenters. The maximum Gasteiger partial charge on any atom is 0.242 e. The van der Waals surface area contributed by atoms with Crippen molar-refractivity contribution >= 4 is 48.7 Å². The highest BCUT2D eigenvalue weighted by Gasteiger charge is 2.19. The average Bonchev–Trinajstić information content (AvgIpc) is 2.37. The molecule has 0 heterocycles. The van der Waals surface area contributed by atoms with Crippen molar-refractivity contribution in [1.82, 2.24) is 4.72 Å². The van der Waals surface area contributed by atoms with E-state index < -0.39 is 19.9 Å². The van der Waals surface area contributed by atoms with Crippen LogP contribution in [0.2, 0.25) is 5.02 Å². The van der Waals surface area contributed by atoms with Crippen LogP contribution in [0.1, 0.15) is 12.5 Å². The topological polar surface area (TPSA) is 106 Å². The van der Waals surface area contributed by atoms with E-state index in [4.69, 9.17) is 29.6 Å². The van der Waals surface area contributed by atoms with Gasteiger partial charge in [0, 0.05) is 17.9 Å². The third kappa shape index (κ3) is 5.19. The normalized spacial score (nSPS) is 12.3. The van der Waals surface area contributed by atoms with Gasteiger partial charge in [0.2, 0.25) is 10.0 Å². The second kappa shape index (κ2) is 7.01. The number of sulfonamides is 1. The predicted molar refractivity (Wildman–Crippen MR) is 86.9 cm³/mol. The van der Waals surface area contributed by atoms with Crippen LogP contribution in [-0.4, -0.2) is 39.9 Å². The molecule has 0 aromatic heterocycles. The molecule has 0 aliphatic carbocycles. The molecule has 0 radical (unpaired) electrons. The van der Waals surface area contributed by atoms with Crippen molar-refractivity contribution in [3.8, 4) is 0 Å². The van der Waals surface area contributed by atoms with Crippen molar-refractivity contribution in [2.75, 3.05) is 18.1 Å². The van der Waals surface area contributed by atoms with Gasteiger partial charge in [0.15, 0.2) is 9.84 Å². The van der Waals surface area contributed by atoms with E-state index in [0.29, 0.717) is 5.56 Å². The van der Waals surface area contributed by atoms with Gasteiger partial charge >= 0.3 is 0 Å². The minimum atomic E-state index is -3.89. The third-order valence-electron chi connectivity index (χ3n) is 2.65. The first-order valence-electron chi connectivity index (χ1n) is 5.88. The molecule has 0 unspecified atom stereocenters. The summed E-state index contributed by atoms with van der Waals surface area (Å²) in [6.45, 7) is 1.28. The van der Waals surface area contributed by atoms with E-state index >= 15 is 0 Å². The summed E-state index contributed by atoms with van der Waals surface area (Å²) in [5.74, 6) is -0.316. The van der Waals surface area contributed by atoms with E-state index in [9.17, 15) is 16.8 Å². The van der Waals surface area contributed by atoms with Crippen molar-refractivity contribution in [2.24, 2.45) is 5.73 Å². The van der Waals surface area contributed by atoms with Gasteiger partial charge in [0.25, 0.3) is 0 Å². The number of nitrogens with two attached hydrogens (primary N) is 1. The minimum Gasteiger partial charge on any atom is -0.389 e. The number of hydrogen-bond donors (Lipinski definition) is 2. The fraction of sp³-hybridized carbons (Fsp3) is 0.364. The summed E-state index contributed by atoms with van der Waals surface area (Å²) < 4.78 is 48.9. The Balaban J connectivity index is 2.91. The molecule has 118 valence electrons. The van der Waals surface area contributed by atoms with Crippen LogP contribution in [0.15, 0.2) is 23.1 Å². The maximum atomic E-state index is 12.1. The van der Waals surface area contributed by atoms with Gasteiger partial charge in [-0.1, -0.05) is 36.8 Å². The molecular weight excluding hydrogens is 356 g/mol. The third-order valence-corrected chi connectivity index (χ3v) is 6.54. The van der Waals surface area contributed by atoms with E-state index in [1.807, 2.05) is 0 Å². The summed E-state index contributed by atoms with van der Waals surface area (Å²) in [5, 5.41) is -0.0360. The van der Waals surface area contributed by atoms with Crippen LogP contribution in [-0.2, 0) is 19.9 Å². The van der Waals surface area contributed by atoms with Gasteiger partial charge < -0.3 is 5.73 Å². The highest BCUT2D eigenvalue weighted by molar-refractivity contribution is 7.91. The van der Waals surface area contributed by atoms with Crippen LogP contribution in [0.5, 0.6) is 0 Å². The number of benzene rings is 1. The van der Waals surface area contributed by atoms with Crippen molar-refractivity contribution in [2.45, 2.75) is 11.8 Å². The number of thiocarbonyl (C=S) groups is 1. The van der Waals surface area contributed by atoms with Crippen LogP contribution >= 0.6 is 23.8 Å². The molecule has 0 aliphatic heterocycles. The van der Waals surface area contributed by atoms with Crippen molar-refractivity contribution < 1.29 is 16.8 Å². The number of halogens is 1. The van der Waals surface area contributed by atoms with E-state index in [1.165, 1.54) is 25.1 Å². The van der Waals surface area contributed by atoms with Crippen LogP contribution in [0.4, 0.5) is 0 Å². The lowest BCUT2D eigenvalue weighted by molar-refractivity contribution is 0.581. The summed E-state index contributed by atoms with van der Waals surface area (Å²) in [7, 11) is -7.14. The van der Waals surface area contributed by atoms with Gasteiger partial charge in [0.05, 0.1) is 10.8 Å². The van der Waals surface area contributed by atoms with Gasteiger partial charge in [0.1, 0.15) is 9.88 Å². The lowest BCUT2D eigenvalue weighted by Crippen LogP contribution is -2.30. The zero-order valence-corrected chi connectivity index (χ0v) is 14.4. The second-order valence-corrected chi connectivity index (χ2v) is 9.20.